The van der Waals surface area contributed by atoms with Gasteiger partial charge < -0.3 is 10.5 Å². The van der Waals surface area contributed by atoms with Gasteiger partial charge in [-0.15, -0.1) is 0 Å². The predicted octanol–water partition coefficient (Wildman–Crippen LogP) is 4.50. The average Bonchev–Trinajstić information content (AvgIpc) is 2.45. The third-order valence-electron chi connectivity index (χ3n) is 3.81. The van der Waals surface area contributed by atoms with Gasteiger partial charge >= 0.3 is 0 Å². The van der Waals surface area contributed by atoms with Crippen LogP contribution in [0.25, 0.3) is 0 Å². The molecule has 1 atom stereocenters. The van der Waals surface area contributed by atoms with Crippen LogP contribution in [-0.4, -0.2) is 0 Å². The number of halogens is 2. The number of rotatable bonds is 3. The van der Waals surface area contributed by atoms with Crippen LogP contribution in [0.15, 0.2) is 40.9 Å². The van der Waals surface area contributed by atoms with Gasteiger partial charge in [-0.05, 0) is 66.3 Å². The van der Waals surface area contributed by atoms with E-state index in [1.165, 1.54) is 23.3 Å². The molecular formula is C17H17BrFNO. The largest absolute Gasteiger partial charge is 0.489 e. The first kappa shape index (κ1) is 14.5. The molecule has 0 fully saturated rings. The molecule has 0 saturated carbocycles. The van der Waals surface area contributed by atoms with Crippen molar-refractivity contribution >= 4 is 15.9 Å². The van der Waals surface area contributed by atoms with E-state index in [0.717, 1.165) is 30.6 Å². The fraction of sp³-hybridized carbons (Fsp3) is 0.294. The number of ether oxygens (including phenoxy) is 1. The standard InChI is InChI=1S/C17H17BrFNO/c18-13-6-11(7-14(19)8-13)10-21-15-5-4-12-2-1-3-17(20)16(12)9-15/h4-9,17H,1-3,10,20H2/t17-/m1/s1. The second-order valence-electron chi connectivity index (χ2n) is 5.43. The topological polar surface area (TPSA) is 35.2 Å². The van der Waals surface area contributed by atoms with Crippen LogP contribution in [0.3, 0.4) is 0 Å². The van der Waals surface area contributed by atoms with Gasteiger partial charge in [-0.2, -0.15) is 0 Å². The molecule has 0 saturated heterocycles. The van der Waals surface area contributed by atoms with Crippen LogP contribution < -0.4 is 10.5 Å². The Morgan fingerprint density at radius 3 is 2.90 bits per heavy atom. The molecule has 0 unspecified atom stereocenters. The average molecular weight is 350 g/mol. The molecule has 1 aliphatic rings. The summed E-state index contributed by atoms with van der Waals surface area (Å²) in [4.78, 5) is 0. The lowest BCUT2D eigenvalue weighted by Gasteiger charge is -2.22. The van der Waals surface area contributed by atoms with Crippen LogP contribution in [0.4, 0.5) is 4.39 Å². The van der Waals surface area contributed by atoms with Crippen LogP contribution in [-0.2, 0) is 13.0 Å². The quantitative estimate of drug-likeness (QED) is 0.884. The van der Waals surface area contributed by atoms with Gasteiger partial charge in [-0.3, -0.25) is 0 Å². The Kier molecular flexibility index (Phi) is 4.27. The summed E-state index contributed by atoms with van der Waals surface area (Å²) in [5, 5.41) is 0. The number of nitrogens with two attached hydrogens (primary N) is 1. The van der Waals surface area contributed by atoms with Gasteiger partial charge in [-0.1, -0.05) is 22.0 Å². The third-order valence-corrected chi connectivity index (χ3v) is 4.26. The zero-order chi connectivity index (χ0) is 14.8. The SMILES string of the molecule is N[C@@H]1CCCc2ccc(OCc3cc(F)cc(Br)c3)cc21. The Hall–Kier alpha value is -1.39. The van der Waals surface area contributed by atoms with Crippen molar-refractivity contribution in [2.75, 3.05) is 0 Å². The van der Waals surface area contributed by atoms with Gasteiger partial charge in [0.25, 0.3) is 0 Å². The zero-order valence-electron chi connectivity index (χ0n) is 11.6. The molecule has 0 aromatic heterocycles. The zero-order valence-corrected chi connectivity index (χ0v) is 13.2. The lowest BCUT2D eigenvalue weighted by atomic mass is 9.88. The van der Waals surface area contributed by atoms with Gasteiger partial charge in [0.1, 0.15) is 18.2 Å². The Morgan fingerprint density at radius 2 is 2.10 bits per heavy atom. The summed E-state index contributed by atoms with van der Waals surface area (Å²) in [6.45, 7) is 0.338. The van der Waals surface area contributed by atoms with Crippen molar-refractivity contribution in [1.29, 1.82) is 0 Å². The first-order valence-corrected chi connectivity index (χ1v) is 7.87. The number of hydrogen-bond acceptors (Lipinski definition) is 2. The molecule has 0 spiro atoms. The van der Waals surface area contributed by atoms with Crippen LogP contribution in [0.1, 0.15) is 35.6 Å². The van der Waals surface area contributed by atoms with Crippen molar-refractivity contribution in [3.8, 4) is 5.75 Å². The summed E-state index contributed by atoms with van der Waals surface area (Å²) < 4.78 is 19.8. The van der Waals surface area contributed by atoms with Gasteiger partial charge in [0.2, 0.25) is 0 Å². The molecule has 0 radical (unpaired) electrons. The predicted molar refractivity (Wildman–Crippen MR) is 84.7 cm³/mol. The first-order chi connectivity index (χ1) is 10.1. The van der Waals surface area contributed by atoms with Crippen molar-refractivity contribution in [1.82, 2.24) is 0 Å². The minimum atomic E-state index is -0.268. The Labute approximate surface area is 132 Å². The van der Waals surface area contributed by atoms with Crippen LogP contribution >= 0.6 is 15.9 Å². The Bertz CT molecular complexity index is 639. The van der Waals surface area contributed by atoms with Crippen LogP contribution in [0.5, 0.6) is 5.75 Å². The van der Waals surface area contributed by atoms with Crippen molar-refractivity contribution in [3.63, 3.8) is 0 Å². The number of hydrogen-bond donors (Lipinski definition) is 1. The van der Waals surface area contributed by atoms with Gasteiger partial charge in [-0.25, -0.2) is 4.39 Å². The van der Waals surface area contributed by atoms with Gasteiger partial charge in [0.15, 0.2) is 0 Å². The molecule has 1 aliphatic carbocycles. The highest BCUT2D eigenvalue weighted by Crippen LogP contribution is 2.31. The molecule has 0 bridgehead atoms. The summed E-state index contributed by atoms with van der Waals surface area (Å²) >= 11 is 3.28. The third kappa shape index (κ3) is 3.44. The highest BCUT2D eigenvalue weighted by Gasteiger charge is 2.17. The van der Waals surface area contributed by atoms with E-state index in [4.69, 9.17) is 10.5 Å². The maximum Gasteiger partial charge on any atom is 0.124 e. The molecule has 0 amide bonds. The second-order valence-corrected chi connectivity index (χ2v) is 6.34. The lowest BCUT2D eigenvalue weighted by molar-refractivity contribution is 0.304. The normalized spacial score (nSPS) is 17.4. The van der Waals surface area contributed by atoms with E-state index in [1.54, 1.807) is 0 Å². The smallest absolute Gasteiger partial charge is 0.124 e. The van der Waals surface area contributed by atoms with Gasteiger partial charge in [0.05, 0.1) is 0 Å². The number of fused-ring (bicyclic) bond motifs is 1. The molecule has 0 aliphatic heterocycles. The fourth-order valence-corrected chi connectivity index (χ4v) is 3.28. The van der Waals surface area contributed by atoms with Crippen LogP contribution in [0.2, 0.25) is 0 Å². The number of aryl methyl sites for hydroxylation is 1. The van der Waals surface area contributed by atoms with E-state index in [1.807, 2.05) is 18.2 Å². The highest BCUT2D eigenvalue weighted by atomic mass is 79.9. The minimum Gasteiger partial charge on any atom is -0.489 e. The van der Waals surface area contributed by atoms with Crippen molar-refractivity contribution in [2.45, 2.75) is 31.9 Å². The van der Waals surface area contributed by atoms with E-state index in [2.05, 4.69) is 22.0 Å². The first-order valence-electron chi connectivity index (χ1n) is 7.08. The highest BCUT2D eigenvalue weighted by molar-refractivity contribution is 9.10. The summed E-state index contributed by atoms with van der Waals surface area (Å²) in [5.41, 5.74) is 9.44. The number of benzene rings is 2. The molecular weight excluding hydrogens is 333 g/mol. The molecule has 3 rings (SSSR count). The van der Waals surface area contributed by atoms with Crippen LogP contribution in [0, 0.1) is 5.82 Å². The van der Waals surface area contributed by atoms with E-state index in [-0.39, 0.29) is 11.9 Å². The summed E-state index contributed by atoms with van der Waals surface area (Å²) in [6.07, 6.45) is 3.25. The fourth-order valence-electron chi connectivity index (χ4n) is 2.76. The molecule has 2 aromatic carbocycles. The molecule has 4 heteroatoms. The second kappa shape index (κ2) is 6.16. The summed E-state index contributed by atoms with van der Waals surface area (Å²) in [7, 11) is 0. The lowest BCUT2D eigenvalue weighted by Crippen LogP contribution is -2.17. The van der Waals surface area contributed by atoms with E-state index in [0.29, 0.717) is 11.1 Å². The Balaban J connectivity index is 1.75. The minimum absolute atomic E-state index is 0.0978. The maximum atomic E-state index is 13.3. The molecule has 2 N–H and O–H groups in total. The van der Waals surface area contributed by atoms with Crippen molar-refractivity contribution in [2.24, 2.45) is 5.73 Å². The van der Waals surface area contributed by atoms with E-state index in [9.17, 15) is 4.39 Å². The molecule has 2 aromatic rings. The van der Waals surface area contributed by atoms with Gasteiger partial charge in [0, 0.05) is 10.5 Å². The summed E-state index contributed by atoms with van der Waals surface area (Å²) in [6, 6.07) is 10.9. The molecule has 21 heavy (non-hydrogen) atoms. The molecule has 2 nitrogen and oxygen atoms in total. The maximum absolute atomic E-state index is 13.3. The Morgan fingerprint density at radius 1 is 1.24 bits per heavy atom. The van der Waals surface area contributed by atoms with E-state index < -0.39 is 0 Å². The van der Waals surface area contributed by atoms with Crippen molar-refractivity contribution < 1.29 is 9.13 Å². The molecule has 110 valence electrons. The summed E-state index contributed by atoms with van der Waals surface area (Å²) in [5.74, 6) is 0.516. The van der Waals surface area contributed by atoms with Crippen molar-refractivity contribution in [3.05, 3.63) is 63.4 Å². The van der Waals surface area contributed by atoms with E-state index >= 15 is 0 Å². The molecule has 0 heterocycles. The monoisotopic (exact) mass is 349 g/mol.